The van der Waals surface area contributed by atoms with E-state index in [1.807, 2.05) is 24.3 Å². The number of halogens is 1. The van der Waals surface area contributed by atoms with Crippen LogP contribution in [-0.4, -0.2) is 23.4 Å². The van der Waals surface area contributed by atoms with Crippen LogP contribution in [0.25, 0.3) is 11.3 Å². The molecule has 17 heavy (non-hydrogen) atoms. The molecule has 0 atom stereocenters. The summed E-state index contributed by atoms with van der Waals surface area (Å²) in [4.78, 5) is 0. The zero-order chi connectivity index (χ0) is 11.7. The fourth-order valence-corrected chi connectivity index (χ4v) is 1.77. The zero-order valence-corrected chi connectivity index (χ0v) is 9.65. The van der Waals surface area contributed by atoms with Gasteiger partial charge in [0.05, 0.1) is 5.69 Å². The van der Waals surface area contributed by atoms with E-state index in [4.69, 9.17) is 21.1 Å². The van der Waals surface area contributed by atoms with Gasteiger partial charge in [0, 0.05) is 5.56 Å². The number of hydrogen-bond acceptors (Lipinski definition) is 4. The predicted molar refractivity (Wildman–Crippen MR) is 63.5 cm³/mol. The summed E-state index contributed by atoms with van der Waals surface area (Å²) in [5, 5.41) is 8.21. The molecule has 1 aromatic heterocycles. The van der Waals surface area contributed by atoms with Crippen LogP contribution in [0.4, 0.5) is 0 Å². The molecule has 0 saturated heterocycles. The maximum atomic E-state index is 5.70. The van der Waals surface area contributed by atoms with Crippen molar-refractivity contribution < 1.29 is 9.47 Å². The lowest BCUT2D eigenvalue weighted by molar-refractivity contribution is 0.171. The van der Waals surface area contributed by atoms with Crippen molar-refractivity contribution in [3.8, 4) is 22.8 Å². The van der Waals surface area contributed by atoms with Gasteiger partial charge in [-0.2, -0.15) is 0 Å². The lowest BCUT2D eigenvalue weighted by Crippen LogP contribution is -2.15. The molecule has 0 saturated carbocycles. The minimum atomic E-state index is 0.381. The second-order valence-electron chi connectivity index (χ2n) is 3.60. The Hall–Kier alpha value is -1.81. The molecule has 0 bridgehead atoms. The van der Waals surface area contributed by atoms with Gasteiger partial charge in [-0.05, 0) is 30.3 Å². The number of rotatable bonds is 1. The molecule has 0 radical (unpaired) electrons. The maximum absolute atomic E-state index is 5.70. The van der Waals surface area contributed by atoms with Crippen LogP contribution in [0.1, 0.15) is 0 Å². The van der Waals surface area contributed by atoms with E-state index in [1.54, 1.807) is 6.07 Å². The second-order valence-corrected chi connectivity index (χ2v) is 3.99. The Morgan fingerprint density at radius 2 is 1.76 bits per heavy atom. The minimum absolute atomic E-state index is 0.381. The van der Waals surface area contributed by atoms with Crippen LogP contribution in [0.15, 0.2) is 30.3 Å². The van der Waals surface area contributed by atoms with Crippen LogP contribution in [0.2, 0.25) is 5.15 Å². The Bertz CT molecular complexity index is 543. The highest BCUT2D eigenvalue weighted by Crippen LogP contribution is 2.33. The van der Waals surface area contributed by atoms with E-state index in [-0.39, 0.29) is 0 Å². The van der Waals surface area contributed by atoms with Gasteiger partial charge >= 0.3 is 0 Å². The quantitative estimate of drug-likeness (QED) is 0.778. The molecule has 1 aromatic carbocycles. The van der Waals surface area contributed by atoms with Gasteiger partial charge in [0.1, 0.15) is 13.2 Å². The third-order valence-electron chi connectivity index (χ3n) is 2.47. The predicted octanol–water partition coefficient (Wildman–Crippen LogP) is 2.57. The molecule has 0 spiro atoms. The minimum Gasteiger partial charge on any atom is -0.486 e. The van der Waals surface area contributed by atoms with Crippen molar-refractivity contribution in [1.29, 1.82) is 0 Å². The van der Waals surface area contributed by atoms with Gasteiger partial charge in [0.25, 0.3) is 0 Å². The number of nitrogens with zero attached hydrogens (tertiary/aromatic N) is 2. The molecule has 0 amide bonds. The summed E-state index contributed by atoms with van der Waals surface area (Å²) in [6, 6.07) is 9.22. The average Bonchev–Trinajstić information content (AvgIpc) is 2.39. The topological polar surface area (TPSA) is 44.2 Å². The Kier molecular flexibility index (Phi) is 2.57. The van der Waals surface area contributed by atoms with Crippen LogP contribution in [0.3, 0.4) is 0 Å². The Labute approximate surface area is 103 Å². The van der Waals surface area contributed by atoms with Crippen molar-refractivity contribution in [2.24, 2.45) is 0 Å². The van der Waals surface area contributed by atoms with Crippen LogP contribution in [0.5, 0.6) is 11.5 Å². The Morgan fingerprint density at radius 3 is 2.53 bits per heavy atom. The van der Waals surface area contributed by atoms with E-state index >= 15 is 0 Å². The van der Waals surface area contributed by atoms with Gasteiger partial charge in [0.2, 0.25) is 0 Å². The molecule has 3 rings (SSSR count). The molecule has 0 N–H and O–H groups in total. The van der Waals surface area contributed by atoms with Crippen LogP contribution < -0.4 is 9.47 Å². The highest BCUT2D eigenvalue weighted by Gasteiger charge is 2.12. The summed E-state index contributed by atoms with van der Waals surface area (Å²) in [7, 11) is 0. The van der Waals surface area contributed by atoms with Crippen LogP contribution >= 0.6 is 11.6 Å². The fourth-order valence-electron chi connectivity index (χ4n) is 1.67. The van der Waals surface area contributed by atoms with Gasteiger partial charge in [-0.1, -0.05) is 11.6 Å². The summed E-state index contributed by atoms with van der Waals surface area (Å²) in [6.07, 6.45) is 0. The number of benzene rings is 1. The van der Waals surface area contributed by atoms with Crippen molar-refractivity contribution in [1.82, 2.24) is 10.2 Å². The first-order valence-electron chi connectivity index (χ1n) is 5.22. The third-order valence-corrected chi connectivity index (χ3v) is 2.67. The summed E-state index contributed by atoms with van der Waals surface area (Å²) < 4.78 is 11.0. The van der Waals surface area contributed by atoms with E-state index in [0.29, 0.717) is 18.4 Å². The molecule has 4 nitrogen and oxygen atoms in total. The standard InChI is InChI=1S/C12H9ClN2O2/c13-12-4-2-9(14-15-12)8-1-3-10-11(7-8)17-6-5-16-10/h1-4,7H,5-6H2. The molecular formula is C12H9ClN2O2. The van der Waals surface area contributed by atoms with E-state index < -0.39 is 0 Å². The number of aromatic nitrogens is 2. The smallest absolute Gasteiger partial charge is 0.162 e. The highest BCUT2D eigenvalue weighted by atomic mass is 35.5. The second kappa shape index (κ2) is 4.22. The van der Waals surface area contributed by atoms with Crippen molar-refractivity contribution in [2.75, 3.05) is 13.2 Å². The average molecular weight is 249 g/mol. The van der Waals surface area contributed by atoms with Crippen LogP contribution in [0, 0.1) is 0 Å². The molecule has 1 aliphatic rings. The SMILES string of the molecule is Clc1ccc(-c2ccc3c(c2)OCCO3)nn1. The molecule has 2 heterocycles. The van der Waals surface area contributed by atoms with Crippen molar-refractivity contribution in [3.05, 3.63) is 35.5 Å². The van der Waals surface area contributed by atoms with E-state index in [2.05, 4.69) is 10.2 Å². The van der Waals surface area contributed by atoms with Crippen molar-refractivity contribution in [3.63, 3.8) is 0 Å². The maximum Gasteiger partial charge on any atom is 0.162 e. The van der Waals surface area contributed by atoms with Gasteiger partial charge in [0.15, 0.2) is 16.7 Å². The fraction of sp³-hybridized carbons (Fsp3) is 0.167. The van der Waals surface area contributed by atoms with E-state index in [9.17, 15) is 0 Å². The molecule has 86 valence electrons. The lowest BCUT2D eigenvalue weighted by Gasteiger charge is -2.18. The monoisotopic (exact) mass is 248 g/mol. The third kappa shape index (κ3) is 2.03. The van der Waals surface area contributed by atoms with Gasteiger partial charge in [-0.15, -0.1) is 10.2 Å². The zero-order valence-electron chi connectivity index (χ0n) is 8.89. The summed E-state index contributed by atoms with van der Waals surface area (Å²) in [5.41, 5.74) is 1.68. The van der Waals surface area contributed by atoms with Crippen LogP contribution in [-0.2, 0) is 0 Å². The van der Waals surface area contributed by atoms with Crippen molar-refractivity contribution in [2.45, 2.75) is 0 Å². The molecule has 2 aromatic rings. The van der Waals surface area contributed by atoms with Gasteiger partial charge in [-0.25, -0.2) is 0 Å². The van der Waals surface area contributed by atoms with Gasteiger partial charge < -0.3 is 9.47 Å². The Morgan fingerprint density at radius 1 is 0.941 bits per heavy atom. The summed E-state index contributed by atoms with van der Waals surface area (Å²) in [5.74, 6) is 1.51. The van der Waals surface area contributed by atoms with E-state index in [0.717, 1.165) is 22.8 Å². The number of ether oxygens (including phenoxy) is 2. The molecule has 0 aliphatic carbocycles. The van der Waals surface area contributed by atoms with Crippen molar-refractivity contribution >= 4 is 11.6 Å². The summed E-state index contributed by atoms with van der Waals surface area (Å²) in [6.45, 7) is 1.16. The number of hydrogen-bond donors (Lipinski definition) is 0. The Balaban J connectivity index is 2.01. The first-order valence-corrected chi connectivity index (χ1v) is 5.60. The normalized spacial score (nSPS) is 13.5. The molecule has 5 heteroatoms. The first-order chi connectivity index (χ1) is 8.33. The lowest BCUT2D eigenvalue weighted by atomic mass is 10.1. The highest BCUT2D eigenvalue weighted by molar-refractivity contribution is 6.29. The molecule has 1 aliphatic heterocycles. The van der Waals surface area contributed by atoms with Gasteiger partial charge in [-0.3, -0.25) is 0 Å². The first kappa shape index (κ1) is 10.4. The summed E-state index contributed by atoms with van der Waals surface area (Å²) >= 11 is 5.70. The number of fused-ring (bicyclic) bond motifs is 1. The molecule has 0 fully saturated rings. The largest absolute Gasteiger partial charge is 0.486 e. The molecular weight excluding hydrogens is 240 g/mol. The van der Waals surface area contributed by atoms with E-state index in [1.165, 1.54) is 0 Å². The molecule has 0 unspecified atom stereocenters.